The molecule has 2 heterocycles. The minimum absolute atomic E-state index is 0.128. The van der Waals surface area contributed by atoms with E-state index in [0.29, 0.717) is 52.8 Å². The standard InChI is InChI=1S/C23H25ClN4O4S/c1-3-21-26-22(27-32-21)17-8-7-15(2)20(13-17)33(30,31)28-11-9-16(10-12-28)23(29)25-19-6-4-5-18(24)14-19/h4-8,13-14,16H,3,9-12H2,1-2H3,(H,25,29). The zero-order valence-corrected chi connectivity index (χ0v) is 20.0. The number of sulfonamides is 1. The largest absolute Gasteiger partial charge is 0.339 e. The maximum atomic E-state index is 13.4. The van der Waals surface area contributed by atoms with E-state index >= 15 is 0 Å². The number of nitrogens with one attached hydrogen (secondary N) is 1. The summed E-state index contributed by atoms with van der Waals surface area (Å²) in [5, 5.41) is 7.35. The van der Waals surface area contributed by atoms with Gasteiger partial charge >= 0.3 is 0 Å². The molecule has 8 nitrogen and oxygen atoms in total. The fourth-order valence-corrected chi connectivity index (χ4v) is 5.75. The maximum Gasteiger partial charge on any atom is 0.243 e. The highest BCUT2D eigenvalue weighted by Gasteiger charge is 2.33. The molecule has 1 saturated heterocycles. The van der Waals surface area contributed by atoms with E-state index in [1.54, 1.807) is 49.4 Å². The van der Waals surface area contributed by atoms with Crippen molar-refractivity contribution in [2.24, 2.45) is 5.92 Å². The summed E-state index contributed by atoms with van der Waals surface area (Å²) in [6.45, 7) is 4.19. The summed E-state index contributed by atoms with van der Waals surface area (Å²) in [5.74, 6) is 0.457. The summed E-state index contributed by atoms with van der Waals surface area (Å²) in [6, 6.07) is 12.1. The van der Waals surface area contributed by atoms with Gasteiger partial charge in [-0.1, -0.05) is 41.9 Å². The average molecular weight is 489 g/mol. The summed E-state index contributed by atoms with van der Waals surface area (Å²) < 4.78 is 33.4. The number of anilines is 1. The summed E-state index contributed by atoms with van der Waals surface area (Å²) in [7, 11) is -3.74. The third-order valence-corrected chi connectivity index (χ3v) is 8.03. The topological polar surface area (TPSA) is 105 Å². The Morgan fingerprint density at radius 1 is 1.21 bits per heavy atom. The van der Waals surface area contributed by atoms with Gasteiger partial charge in [0, 0.05) is 41.7 Å². The number of piperidine rings is 1. The lowest BCUT2D eigenvalue weighted by atomic mass is 9.97. The maximum absolute atomic E-state index is 13.4. The molecule has 1 aliphatic heterocycles. The molecule has 0 saturated carbocycles. The van der Waals surface area contributed by atoms with Crippen LogP contribution in [0.1, 0.15) is 31.2 Å². The van der Waals surface area contributed by atoms with Crippen LogP contribution in [0.2, 0.25) is 5.02 Å². The number of halogens is 1. The van der Waals surface area contributed by atoms with Crippen LogP contribution in [0.5, 0.6) is 0 Å². The molecule has 10 heteroatoms. The van der Waals surface area contributed by atoms with Gasteiger partial charge in [-0.05, 0) is 49.6 Å². The second kappa shape index (κ2) is 9.62. The number of hydrogen-bond donors (Lipinski definition) is 1. The molecule has 0 aliphatic carbocycles. The predicted molar refractivity (Wildman–Crippen MR) is 125 cm³/mol. The number of carbonyl (C=O) groups excluding carboxylic acids is 1. The van der Waals surface area contributed by atoms with Crippen molar-refractivity contribution in [1.29, 1.82) is 0 Å². The fourth-order valence-electron chi connectivity index (χ4n) is 3.84. The predicted octanol–water partition coefficient (Wildman–Crippen LogP) is 4.30. The first-order valence-corrected chi connectivity index (χ1v) is 12.6. The lowest BCUT2D eigenvalue weighted by molar-refractivity contribution is -0.120. The molecule has 0 spiro atoms. The highest BCUT2D eigenvalue weighted by Crippen LogP contribution is 2.29. The molecule has 3 aromatic rings. The molecule has 174 valence electrons. The van der Waals surface area contributed by atoms with E-state index in [4.69, 9.17) is 16.1 Å². The molecule has 0 atom stereocenters. The summed E-state index contributed by atoms with van der Waals surface area (Å²) >= 11 is 5.98. The minimum atomic E-state index is -3.74. The van der Waals surface area contributed by atoms with Gasteiger partial charge in [-0.3, -0.25) is 4.79 Å². The summed E-state index contributed by atoms with van der Waals surface area (Å²) in [6.07, 6.45) is 1.48. The van der Waals surface area contributed by atoms with Crippen LogP contribution in [0.3, 0.4) is 0 Å². The van der Waals surface area contributed by atoms with Crippen molar-refractivity contribution in [3.8, 4) is 11.4 Å². The molecule has 0 radical (unpaired) electrons. The molecule has 0 bridgehead atoms. The van der Waals surface area contributed by atoms with E-state index in [1.165, 1.54) is 4.31 Å². The molecule has 2 aromatic carbocycles. The lowest BCUT2D eigenvalue weighted by Gasteiger charge is -2.31. The highest BCUT2D eigenvalue weighted by molar-refractivity contribution is 7.89. The number of aromatic nitrogens is 2. The van der Waals surface area contributed by atoms with Gasteiger partial charge < -0.3 is 9.84 Å². The van der Waals surface area contributed by atoms with E-state index in [0.717, 1.165) is 0 Å². The molecular formula is C23H25ClN4O4S. The van der Waals surface area contributed by atoms with Crippen molar-refractivity contribution in [2.45, 2.75) is 38.0 Å². The zero-order valence-electron chi connectivity index (χ0n) is 18.4. The van der Waals surface area contributed by atoms with Crippen molar-refractivity contribution < 1.29 is 17.7 Å². The number of aryl methyl sites for hydroxylation is 2. The Morgan fingerprint density at radius 2 is 1.97 bits per heavy atom. The quantitative estimate of drug-likeness (QED) is 0.554. The first-order chi connectivity index (χ1) is 15.8. The molecular weight excluding hydrogens is 464 g/mol. The molecule has 1 N–H and O–H groups in total. The fraction of sp³-hybridized carbons (Fsp3) is 0.348. The Hall–Kier alpha value is -2.75. The molecule has 1 aliphatic rings. The van der Waals surface area contributed by atoms with Gasteiger partial charge in [0.1, 0.15) is 0 Å². The third kappa shape index (κ3) is 5.10. The normalized spacial score (nSPS) is 15.5. The Labute approximate surface area is 198 Å². The highest BCUT2D eigenvalue weighted by atomic mass is 35.5. The molecule has 4 rings (SSSR count). The van der Waals surface area contributed by atoms with Crippen LogP contribution in [-0.2, 0) is 21.2 Å². The summed E-state index contributed by atoms with van der Waals surface area (Å²) in [5.41, 5.74) is 1.85. The molecule has 1 amide bonds. The van der Waals surface area contributed by atoms with Gasteiger partial charge in [-0.25, -0.2) is 8.42 Å². The van der Waals surface area contributed by atoms with Gasteiger partial charge in [-0.2, -0.15) is 9.29 Å². The van der Waals surface area contributed by atoms with E-state index in [2.05, 4.69) is 15.5 Å². The molecule has 0 unspecified atom stereocenters. The van der Waals surface area contributed by atoms with Crippen molar-refractivity contribution in [1.82, 2.24) is 14.4 Å². The third-order valence-electron chi connectivity index (χ3n) is 5.75. The van der Waals surface area contributed by atoms with Gasteiger partial charge in [-0.15, -0.1) is 0 Å². The van der Waals surface area contributed by atoms with Gasteiger partial charge in [0.05, 0.1) is 4.90 Å². The van der Waals surface area contributed by atoms with Gasteiger partial charge in [0.2, 0.25) is 27.6 Å². The average Bonchev–Trinajstić information content (AvgIpc) is 3.29. The Balaban J connectivity index is 1.46. The van der Waals surface area contributed by atoms with E-state index < -0.39 is 10.0 Å². The Bertz CT molecular complexity index is 1270. The van der Waals surface area contributed by atoms with Crippen molar-refractivity contribution in [3.05, 3.63) is 58.9 Å². The number of nitrogens with zero attached hydrogens (tertiary/aromatic N) is 3. The van der Waals surface area contributed by atoms with Crippen LogP contribution in [0.25, 0.3) is 11.4 Å². The lowest BCUT2D eigenvalue weighted by Crippen LogP contribution is -2.41. The number of carbonyl (C=O) groups is 1. The van der Waals surface area contributed by atoms with Crippen LogP contribution in [0.4, 0.5) is 5.69 Å². The monoisotopic (exact) mass is 488 g/mol. The van der Waals surface area contributed by atoms with Gasteiger partial charge in [0.15, 0.2) is 0 Å². The van der Waals surface area contributed by atoms with Crippen LogP contribution >= 0.6 is 11.6 Å². The van der Waals surface area contributed by atoms with Crippen LogP contribution in [-0.4, -0.2) is 41.9 Å². The van der Waals surface area contributed by atoms with Crippen LogP contribution in [0, 0.1) is 12.8 Å². The van der Waals surface area contributed by atoms with E-state index in [9.17, 15) is 13.2 Å². The number of amides is 1. The molecule has 1 fully saturated rings. The van der Waals surface area contributed by atoms with Gasteiger partial charge in [0.25, 0.3) is 0 Å². The molecule has 1 aromatic heterocycles. The number of benzene rings is 2. The number of hydrogen-bond acceptors (Lipinski definition) is 6. The Kier molecular flexibility index (Phi) is 6.83. The summed E-state index contributed by atoms with van der Waals surface area (Å²) in [4.78, 5) is 17.1. The first kappa shape index (κ1) is 23.4. The van der Waals surface area contributed by atoms with Crippen LogP contribution in [0.15, 0.2) is 51.9 Å². The van der Waals surface area contributed by atoms with Crippen molar-refractivity contribution in [3.63, 3.8) is 0 Å². The van der Waals surface area contributed by atoms with Crippen molar-refractivity contribution >= 4 is 33.2 Å². The van der Waals surface area contributed by atoms with E-state index in [1.807, 2.05) is 6.92 Å². The van der Waals surface area contributed by atoms with Crippen LogP contribution < -0.4 is 5.32 Å². The zero-order chi connectivity index (χ0) is 23.6. The second-order valence-electron chi connectivity index (χ2n) is 8.02. The Morgan fingerprint density at radius 3 is 2.64 bits per heavy atom. The van der Waals surface area contributed by atoms with E-state index in [-0.39, 0.29) is 29.8 Å². The van der Waals surface area contributed by atoms with Crippen molar-refractivity contribution in [2.75, 3.05) is 18.4 Å². The second-order valence-corrected chi connectivity index (χ2v) is 10.4. The number of rotatable bonds is 6. The first-order valence-electron chi connectivity index (χ1n) is 10.8. The minimum Gasteiger partial charge on any atom is -0.339 e. The molecule has 33 heavy (non-hydrogen) atoms. The SMILES string of the molecule is CCc1nc(-c2ccc(C)c(S(=O)(=O)N3CCC(C(=O)Nc4cccc(Cl)c4)CC3)c2)no1. The smallest absolute Gasteiger partial charge is 0.243 e.